The monoisotopic (exact) mass is 424 g/mol. The third kappa shape index (κ3) is 6.05. The van der Waals surface area contributed by atoms with Gasteiger partial charge in [0.15, 0.2) is 11.8 Å². The van der Waals surface area contributed by atoms with Crippen LogP contribution in [0.1, 0.15) is 69.8 Å². The minimum absolute atomic E-state index is 0.0171. The van der Waals surface area contributed by atoms with Gasteiger partial charge in [-0.25, -0.2) is 9.59 Å². The molecule has 4 atom stereocenters. The zero-order valence-electron chi connectivity index (χ0n) is 17.5. The van der Waals surface area contributed by atoms with Crippen LogP contribution in [-0.2, 0) is 4.79 Å². The summed E-state index contributed by atoms with van der Waals surface area (Å²) in [6.07, 6.45) is 2.88. The molecule has 2 heterocycles. The summed E-state index contributed by atoms with van der Waals surface area (Å²) in [6, 6.07) is -2.34. The van der Waals surface area contributed by atoms with E-state index < -0.39 is 24.1 Å². The Hall–Kier alpha value is -2.89. The zero-order valence-corrected chi connectivity index (χ0v) is 17.5. The van der Waals surface area contributed by atoms with E-state index in [4.69, 9.17) is 21.7 Å². The van der Waals surface area contributed by atoms with Gasteiger partial charge < -0.3 is 37.0 Å². The molecule has 1 aliphatic heterocycles. The lowest BCUT2D eigenvalue weighted by molar-refractivity contribution is -0.141. The molecule has 12 heteroatoms. The average molecular weight is 425 g/mol. The molecule has 1 aliphatic rings. The number of carbonyl (C=O) groups excluding carboxylic acids is 1. The molecular formula is C18H32N8O4. The number of nitrogens with zero attached hydrogens (tertiary/aromatic N) is 4. The maximum absolute atomic E-state index is 12.7. The average Bonchev–Trinajstić information content (AvgIpc) is 3.38. The van der Waals surface area contributed by atoms with Crippen LogP contribution < -0.4 is 22.5 Å². The van der Waals surface area contributed by atoms with Crippen LogP contribution in [0.4, 0.5) is 4.79 Å². The zero-order chi connectivity index (χ0) is 22.3. The lowest BCUT2D eigenvalue weighted by atomic mass is 10.00. The first kappa shape index (κ1) is 23.4. The van der Waals surface area contributed by atoms with Crippen LogP contribution in [0.5, 0.6) is 0 Å². The third-order valence-electron chi connectivity index (χ3n) is 5.35. The molecule has 1 aromatic heterocycles. The van der Waals surface area contributed by atoms with Crippen molar-refractivity contribution in [3.05, 3.63) is 11.7 Å². The normalized spacial score (nSPS) is 19.2. The van der Waals surface area contributed by atoms with Gasteiger partial charge in [0, 0.05) is 13.1 Å². The Balaban J connectivity index is 2.14. The molecule has 8 N–H and O–H groups in total. The third-order valence-corrected chi connectivity index (χ3v) is 5.35. The van der Waals surface area contributed by atoms with Crippen molar-refractivity contribution < 1.29 is 19.2 Å². The maximum Gasteiger partial charge on any atom is 0.326 e. The molecule has 12 nitrogen and oxygen atoms in total. The number of nitrogens with one attached hydrogen (secondary N) is 1. The lowest BCUT2D eigenvalue weighted by Gasteiger charge is -2.24. The number of rotatable bonds is 10. The first-order valence-corrected chi connectivity index (χ1v) is 10.2. The highest BCUT2D eigenvalue weighted by Crippen LogP contribution is 2.24. The standard InChI is InChI=1S/C18H32N8O4/c1-3-10(2)13(19)14-24-15(30-25-14)11(6-4-8-22-17(20)21)23-18(29)26-9-5-7-12(26)16(27)28/h10-13H,3-9,19H2,1-2H3,(H,23,29)(H,27,28)(H4,20,21,22)/t10?,11-,12?,13-/m0/s1. The fraction of sp³-hybridized carbons (Fsp3) is 0.722. The number of carboxylic acid groups (broad SMARTS) is 1. The van der Waals surface area contributed by atoms with E-state index in [2.05, 4.69) is 20.4 Å². The highest BCUT2D eigenvalue weighted by molar-refractivity contribution is 5.83. The van der Waals surface area contributed by atoms with Gasteiger partial charge in [0.25, 0.3) is 0 Å². The maximum atomic E-state index is 12.7. The largest absolute Gasteiger partial charge is 0.480 e. The molecule has 30 heavy (non-hydrogen) atoms. The van der Waals surface area contributed by atoms with E-state index in [0.717, 1.165) is 6.42 Å². The number of aliphatic imine (C=N–C) groups is 1. The van der Waals surface area contributed by atoms with Crippen LogP contribution in [0.25, 0.3) is 0 Å². The van der Waals surface area contributed by atoms with E-state index in [-0.39, 0.29) is 23.8 Å². The van der Waals surface area contributed by atoms with E-state index in [9.17, 15) is 14.7 Å². The Morgan fingerprint density at radius 1 is 1.43 bits per heavy atom. The Morgan fingerprint density at radius 2 is 2.17 bits per heavy atom. The van der Waals surface area contributed by atoms with Crippen molar-refractivity contribution in [2.24, 2.45) is 28.1 Å². The van der Waals surface area contributed by atoms with Crippen LogP contribution in [0.2, 0.25) is 0 Å². The Bertz CT molecular complexity index is 748. The lowest BCUT2D eigenvalue weighted by Crippen LogP contribution is -2.47. The molecular weight excluding hydrogens is 392 g/mol. The quantitative estimate of drug-likeness (QED) is 0.201. The Kier molecular flexibility index (Phi) is 8.39. The highest BCUT2D eigenvalue weighted by atomic mass is 16.5. The van der Waals surface area contributed by atoms with E-state index >= 15 is 0 Å². The number of carbonyl (C=O) groups is 2. The van der Waals surface area contributed by atoms with Crippen molar-refractivity contribution in [2.45, 2.75) is 64.1 Å². The van der Waals surface area contributed by atoms with Gasteiger partial charge in [0.2, 0.25) is 5.89 Å². The Labute approximate surface area is 175 Å². The summed E-state index contributed by atoms with van der Waals surface area (Å²) < 4.78 is 5.38. The van der Waals surface area contributed by atoms with Gasteiger partial charge in [-0.2, -0.15) is 4.98 Å². The summed E-state index contributed by atoms with van der Waals surface area (Å²) in [5.74, 6) is -0.297. The molecule has 0 saturated carbocycles. The van der Waals surface area contributed by atoms with Gasteiger partial charge in [-0.05, 0) is 31.6 Å². The molecule has 0 aliphatic carbocycles. The summed E-state index contributed by atoms with van der Waals surface area (Å²) in [4.78, 5) is 33.8. The van der Waals surface area contributed by atoms with E-state index in [1.165, 1.54) is 4.90 Å². The number of urea groups is 1. The number of hydrogen-bond acceptors (Lipinski definition) is 7. The van der Waals surface area contributed by atoms with Crippen LogP contribution in [0.15, 0.2) is 9.52 Å². The molecule has 1 aromatic rings. The molecule has 168 valence electrons. The summed E-state index contributed by atoms with van der Waals surface area (Å²) in [5, 5.41) is 16.1. The number of likely N-dealkylation sites (tertiary alicyclic amines) is 1. The number of hydrogen-bond donors (Lipinski definition) is 5. The van der Waals surface area contributed by atoms with Crippen molar-refractivity contribution in [1.82, 2.24) is 20.4 Å². The van der Waals surface area contributed by atoms with Gasteiger partial charge in [-0.3, -0.25) is 4.99 Å². The SMILES string of the molecule is CCC(C)[C@H](N)c1noc([C@H](CCCN=C(N)N)NC(=O)N2CCCC2C(=O)O)n1. The smallest absolute Gasteiger partial charge is 0.326 e. The number of aliphatic carboxylic acids is 1. The summed E-state index contributed by atoms with van der Waals surface area (Å²) >= 11 is 0. The summed E-state index contributed by atoms with van der Waals surface area (Å²) in [5.41, 5.74) is 16.9. The van der Waals surface area contributed by atoms with Crippen molar-refractivity contribution in [3.8, 4) is 0 Å². The second kappa shape index (κ2) is 10.8. The number of carboxylic acids is 1. The highest BCUT2D eigenvalue weighted by Gasteiger charge is 2.35. The van der Waals surface area contributed by atoms with Gasteiger partial charge >= 0.3 is 12.0 Å². The van der Waals surface area contributed by atoms with Crippen LogP contribution in [0, 0.1) is 5.92 Å². The minimum atomic E-state index is -1.02. The van der Waals surface area contributed by atoms with E-state index in [0.29, 0.717) is 44.6 Å². The first-order chi connectivity index (χ1) is 14.2. The fourth-order valence-electron chi connectivity index (χ4n) is 3.29. The second-order valence-corrected chi connectivity index (χ2v) is 7.54. The number of aromatic nitrogens is 2. The molecule has 0 radical (unpaired) electrons. The topological polar surface area (TPSA) is 199 Å². The predicted octanol–water partition coefficient (Wildman–Crippen LogP) is 0.469. The molecule has 2 unspecified atom stereocenters. The molecule has 0 spiro atoms. The molecule has 1 saturated heterocycles. The van der Waals surface area contributed by atoms with Crippen LogP contribution >= 0.6 is 0 Å². The first-order valence-electron chi connectivity index (χ1n) is 10.2. The predicted molar refractivity (Wildman–Crippen MR) is 109 cm³/mol. The summed E-state index contributed by atoms with van der Waals surface area (Å²) in [6.45, 7) is 4.75. The van der Waals surface area contributed by atoms with Gasteiger partial charge in [0.1, 0.15) is 12.1 Å². The molecule has 0 aromatic carbocycles. The van der Waals surface area contributed by atoms with E-state index in [1.807, 2.05) is 13.8 Å². The van der Waals surface area contributed by atoms with Crippen LogP contribution in [-0.4, -0.2) is 57.2 Å². The van der Waals surface area contributed by atoms with Crippen molar-refractivity contribution >= 4 is 18.0 Å². The van der Waals surface area contributed by atoms with Crippen molar-refractivity contribution in [2.75, 3.05) is 13.1 Å². The minimum Gasteiger partial charge on any atom is -0.480 e. The van der Waals surface area contributed by atoms with Gasteiger partial charge in [0.05, 0.1) is 6.04 Å². The molecule has 1 fully saturated rings. The van der Waals surface area contributed by atoms with Crippen molar-refractivity contribution in [1.29, 1.82) is 0 Å². The molecule has 2 amide bonds. The van der Waals surface area contributed by atoms with Gasteiger partial charge in [-0.15, -0.1) is 0 Å². The molecule has 0 bridgehead atoms. The molecule has 2 rings (SSSR count). The number of amides is 2. The van der Waals surface area contributed by atoms with Crippen molar-refractivity contribution in [3.63, 3.8) is 0 Å². The van der Waals surface area contributed by atoms with Gasteiger partial charge in [-0.1, -0.05) is 25.4 Å². The Morgan fingerprint density at radius 3 is 2.80 bits per heavy atom. The number of nitrogens with two attached hydrogens (primary N) is 3. The number of guanidine groups is 1. The van der Waals surface area contributed by atoms with E-state index in [1.54, 1.807) is 0 Å². The summed E-state index contributed by atoms with van der Waals surface area (Å²) in [7, 11) is 0. The van der Waals surface area contributed by atoms with Crippen LogP contribution in [0.3, 0.4) is 0 Å². The fourth-order valence-corrected chi connectivity index (χ4v) is 3.29. The second-order valence-electron chi connectivity index (χ2n) is 7.54.